The van der Waals surface area contributed by atoms with Gasteiger partial charge in [0, 0.05) is 19.6 Å². The van der Waals surface area contributed by atoms with Crippen molar-refractivity contribution in [2.75, 3.05) is 26.3 Å². The van der Waals surface area contributed by atoms with Crippen LogP contribution in [-0.4, -0.2) is 42.4 Å². The summed E-state index contributed by atoms with van der Waals surface area (Å²) in [6.45, 7) is 8.24. The zero-order chi connectivity index (χ0) is 13.7. The molecule has 2 rings (SSSR count). The molecule has 0 aromatic heterocycles. The molecule has 0 amide bonds. The molecule has 0 radical (unpaired) electrons. The molecule has 1 aliphatic rings. The Morgan fingerprint density at radius 1 is 1.42 bits per heavy atom. The lowest BCUT2D eigenvalue weighted by atomic mass is 10.1. The van der Waals surface area contributed by atoms with E-state index in [1.165, 1.54) is 0 Å². The van der Waals surface area contributed by atoms with E-state index in [9.17, 15) is 5.11 Å². The Hall–Kier alpha value is -1.26. The number of morpholine rings is 1. The Labute approximate surface area is 114 Å². The first-order valence-electron chi connectivity index (χ1n) is 7.01. The molecule has 106 valence electrons. The van der Waals surface area contributed by atoms with E-state index in [1.54, 1.807) is 6.07 Å². The number of hydrogen-bond donors (Lipinski definition) is 1. The maximum absolute atomic E-state index is 9.69. The van der Waals surface area contributed by atoms with Crippen molar-refractivity contribution in [2.45, 2.75) is 32.9 Å². The zero-order valence-corrected chi connectivity index (χ0v) is 11.8. The minimum atomic E-state index is 0.207. The lowest BCUT2D eigenvalue weighted by Crippen LogP contribution is -2.41. The van der Waals surface area contributed by atoms with Gasteiger partial charge in [-0.2, -0.15) is 0 Å². The van der Waals surface area contributed by atoms with Crippen LogP contribution >= 0.6 is 0 Å². The maximum atomic E-state index is 9.69. The first-order chi connectivity index (χ1) is 9.22. The first kappa shape index (κ1) is 14.2. The fourth-order valence-corrected chi connectivity index (χ4v) is 2.36. The van der Waals surface area contributed by atoms with E-state index >= 15 is 0 Å². The molecule has 1 unspecified atom stereocenters. The summed E-state index contributed by atoms with van der Waals surface area (Å²) in [5.74, 6) is 0.777. The van der Waals surface area contributed by atoms with Gasteiger partial charge in [-0.25, -0.2) is 0 Å². The minimum absolute atomic E-state index is 0.207. The van der Waals surface area contributed by atoms with E-state index in [0.717, 1.165) is 38.2 Å². The number of phenols is 1. The Balaban J connectivity index is 2.00. The van der Waals surface area contributed by atoms with Crippen molar-refractivity contribution in [3.63, 3.8) is 0 Å². The van der Waals surface area contributed by atoms with Gasteiger partial charge in [-0.05, 0) is 31.0 Å². The van der Waals surface area contributed by atoms with Gasteiger partial charge in [-0.1, -0.05) is 13.0 Å². The van der Waals surface area contributed by atoms with Gasteiger partial charge in [0.2, 0.25) is 0 Å². The smallest absolute Gasteiger partial charge is 0.161 e. The third-order valence-corrected chi connectivity index (χ3v) is 3.41. The van der Waals surface area contributed by atoms with Crippen LogP contribution in [0.3, 0.4) is 0 Å². The van der Waals surface area contributed by atoms with Crippen molar-refractivity contribution < 1.29 is 14.6 Å². The van der Waals surface area contributed by atoms with Crippen molar-refractivity contribution >= 4 is 0 Å². The summed E-state index contributed by atoms with van der Waals surface area (Å²) in [5, 5.41) is 9.69. The average molecular weight is 265 g/mol. The molecule has 0 aliphatic carbocycles. The molecular weight excluding hydrogens is 242 g/mol. The zero-order valence-electron chi connectivity index (χ0n) is 11.8. The number of nitrogens with zero attached hydrogens (tertiary/aromatic N) is 1. The number of aromatic hydroxyl groups is 1. The van der Waals surface area contributed by atoms with Crippen molar-refractivity contribution in [1.29, 1.82) is 0 Å². The van der Waals surface area contributed by atoms with Crippen LogP contribution in [-0.2, 0) is 11.3 Å². The molecule has 4 nitrogen and oxygen atoms in total. The van der Waals surface area contributed by atoms with Gasteiger partial charge in [0.05, 0.1) is 19.3 Å². The average Bonchev–Trinajstić information content (AvgIpc) is 2.43. The van der Waals surface area contributed by atoms with E-state index in [-0.39, 0.29) is 5.75 Å². The van der Waals surface area contributed by atoms with Gasteiger partial charge < -0.3 is 14.6 Å². The maximum Gasteiger partial charge on any atom is 0.161 e. The molecule has 1 aliphatic heterocycles. The lowest BCUT2D eigenvalue weighted by molar-refractivity contribution is -0.0324. The fraction of sp³-hybridized carbons (Fsp3) is 0.600. The van der Waals surface area contributed by atoms with Gasteiger partial charge in [0.15, 0.2) is 11.5 Å². The number of rotatable bonds is 5. The second-order valence-corrected chi connectivity index (χ2v) is 4.87. The van der Waals surface area contributed by atoms with Crippen LogP contribution < -0.4 is 4.74 Å². The molecule has 1 fully saturated rings. The Kier molecular flexibility index (Phi) is 5.05. The van der Waals surface area contributed by atoms with E-state index in [1.807, 2.05) is 19.1 Å². The molecule has 1 N–H and O–H groups in total. The van der Waals surface area contributed by atoms with Crippen LogP contribution in [0, 0.1) is 0 Å². The summed E-state index contributed by atoms with van der Waals surface area (Å²) in [6.07, 6.45) is 1.40. The fourth-order valence-electron chi connectivity index (χ4n) is 2.36. The van der Waals surface area contributed by atoms with Crippen LogP contribution in [0.2, 0.25) is 0 Å². The molecule has 1 aromatic carbocycles. The summed E-state index contributed by atoms with van der Waals surface area (Å²) >= 11 is 0. The Bertz CT molecular complexity index is 408. The van der Waals surface area contributed by atoms with E-state index in [0.29, 0.717) is 18.5 Å². The second kappa shape index (κ2) is 6.78. The molecule has 1 saturated heterocycles. The van der Waals surface area contributed by atoms with Gasteiger partial charge >= 0.3 is 0 Å². The van der Waals surface area contributed by atoms with Crippen LogP contribution in [0.5, 0.6) is 11.5 Å². The number of benzene rings is 1. The Morgan fingerprint density at radius 3 is 3.00 bits per heavy atom. The molecule has 0 bridgehead atoms. The molecule has 0 saturated carbocycles. The largest absolute Gasteiger partial charge is 0.504 e. The van der Waals surface area contributed by atoms with Crippen LogP contribution in [0.1, 0.15) is 25.8 Å². The molecular formula is C15H23NO3. The summed E-state index contributed by atoms with van der Waals surface area (Å²) < 4.78 is 11.1. The normalized spacial score (nSPS) is 20.4. The van der Waals surface area contributed by atoms with Crippen molar-refractivity contribution in [3.05, 3.63) is 23.8 Å². The Morgan fingerprint density at radius 2 is 2.26 bits per heavy atom. The monoisotopic (exact) mass is 265 g/mol. The molecule has 19 heavy (non-hydrogen) atoms. The minimum Gasteiger partial charge on any atom is -0.504 e. The number of hydrogen-bond acceptors (Lipinski definition) is 4. The third kappa shape index (κ3) is 3.85. The highest BCUT2D eigenvalue weighted by Crippen LogP contribution is 2.27. The van der Waals surface area contributed by atoms with E-state index in [4.69, 9.17) is 9.47 Å². The van der Waals surface area contributed by atoms with Crippen molar-refractivity contribution in [1.82, 2.24) is 4.90 Å². The summed E-state index contributed by atoms with van der Waals surface area (Å²) in [7, 11) is 0. The standard InChI is InChI=1S/C15H23NO3/c1-3-13-11-16(7-8-19-13)10-12-5-6-14(17)15(9-12)18-4-2/h5-6,9,13,17H,3-4,7-8,10-11H2,1-2H3. The first-order valence-corrected chi connectivity index (χ1v) is 7.01. The summed E-state index contributed by atoms with van der Waals surface area (Å²) in [6, 6.07) is 5.58. The topological polar surface area (TPSA) is 41.9 Å². The van der Waals surface area contributed by atoms with Gasteiger partial charge in [-0.3, -0.25) is 4.90 Å². The molecule has 1 aromatic rings. The van der Waals surface area contributed by atoms with Crippen LogP contribution in [0.25, 0.3) is 0 Å². The highest BCUT2D eigenvalue weighted by Gasteiger charge is 2.19. The quantitative estimate of drug-likeness (QED) is 0.887. The number of ether oxygens (including phenoxy) is 2. The lowest BCUT2D eigenvalue weighted by Gasteiger charge is -2.32. The molecule has 1 heterocycles. The van der Waals surface area contributed by atoms with Gasteiger partial charge in [0.1, 0.15) is 0 Å². The molecule has 1 atom stereocenters. The van der Waals surface area contributed by atoms with Crippen molar-refractivity contribution in [3.8, 4) is 11.5 Å². The van der Waals surface area contributed by atoms with Crippen molar-refractivity contribution in [2.24, 2.45) is 0 Å². The van der Waals surface area contributed by atoms with E-state index < -0.39 is 0 Å². The summed E-state index contributed by atoms with van der Waals surface area (Å²) in [4.78, 5) is 2.39. The number of phenolic OH excluding ortho intramolecular Hbond substituents is 1. The predicted molar refractivity (Wildman–Crippen MR) is 74.6 cm³/mol. The van der Waals surface area contributed by atoms with Crippen LogP contribution in [0.4, 0.5) is 0 Å². The molecule has 4 heteroatoms. The highest BCUT2D eigenvalue weighted by atomic mass is 16.5. The van der Waals surface area contributed by atoms with Gasteiger partial charge in [0.25, 0.3) is 0 Å². The third-order valence-electron chi connectivity index (χ3n) is 3.41. The summed E-state index contributed by atoms with van der Waals surface area (Å²) in [5.41, 5.74) is 1.16. The van der Waals surface area contributed by atoms with E-state index in [2.05, 4.69) is 11.8 Å². The van der Waals surface area contributed by atoms with Crippen LogP contribution in [0.15, 0.2) is 18.2 Å². The van der Waals surface area contributed by atoms with Gasteiger partial charge in [-0.15, -0.1) is 0 Å². The highest BCUT2D eigenvalue weighted by molar-refractivity contribution is 5.41. The SMILES string of the molecule is CCOc1cc(CN2CCOC(CC)C2)ccc1O. The predicted octanol–water partition coefficient (Wildman–Crippen LogP) is 2.40. The molecule has 0 spiro atoms. The second-order valence-electron chi connectivity index (χ2n) is 4.87.